The fraction of sp³-hybridized carbons (Fsp3) is 0.452. The fourth-order valence-electron chi connectivity index (χ4n) is 6.62. The first-order valence-corrected chi connectivity index (χ1v) is 17.4. The maximum atomic E-state index is 4.61. The van der Waals surface area contributed by atoms with Gasteiger partial charge in [0, 0.05) is 59.1 Å². The molecule has 0 aliphatic rings. The Morgan fingerprint density at radius 2 is 1.02 bits per heavy atom. The van der Waals surface area contributed by atoms with E-state index >= 15 is 0 Å². The van der Waals surface area contributed by atoms with Crippen LogP contribution in [0.1, 0.15) is 107 Å². The molecule has 6 aromatic rings. The molecule has 246 valence electrons. The average Bonchev–Trinajstić information content (AvgIpc) is 3.59. The summed E-state index contributed by atoms with van der Waals surface area (Å²) in [6.07, 6.45) is 4.54. The van der Waals surface area contributed by atoms with Crippen molar-refractivity contribution in [3.05, 3.63) is 99.5 Å². The Balaban J connectivity index is 0.000000157. The van der Waals surface area contributed by atoms with Gasteiger partial charge in [-0.1, -0.05) is 86.6 Å². The number of fused-ring (bicyclic) bond motifs is 3. The summed E-state index contributed by atoms with van der Waals surface area (Å²) in [6.45, 7) is 31.2. The van der Waals surface area contributed by atoms with Crippen molar-refractivity contribution in [3.8, 4) is 0 Å². The molecule has 3 heterocycles. The number of benzene rings is 3. The number of rotatable bonds is 0. The summed E-state index contributed by atoms with van der Waals surface area (Å²) < 4.78 is 10.4. The van der Waals surface area contributed by atoms with Crippen LogP contribution in [-0.4, -0.2) is 13.5 Å². The van der Waals surface area contributed by atoms with Gasteiger partial charge < -0.3 is 9.13 Å². The molecule has 46 heavy (non-hydrogen) atoms. The van der Waals surface area contributed by atoms with Crippen LogP contribution in [-0.2, 0) is 30.3 Å². The standard InChI is InChI=1S/C15H21N.C14H19N.C13H17NS/c1-10-7-11(2)14-12(15(3,4)5)9-16(6)13(14)8-10;1-10-7-6-8-12-13(10)11(9-15(12)5)14(2,3)4;1-8-6-9(2)11-10(7-8)15-14-12(11)13(3,4)5/h7-9H,1-6H3;6-9H,1-5H3;6-7H,1-5H3. The van der Waals surface area contributed by atoms with Gasteiger partial charge in [-0.3, -0.25) is 0 Å². The lowest BCUT2D eigenvalue weighted by molar-refractivity contribution is 0.581. The molecule has 3 aromatic heterocycles. The van der Waals surface area contributed by atoms with Crippen LogP contribution in [0.25, 0.3) is 31.9 Å². The van der Waals surface area contributed by atoms with Gasteiger partial charge in [0.2, 0.25) is 0 Å². The zero-order valence-electron chi connectivity index (χ0n) is 31.4. The number of hydrogen-bond acceptors (Lipinski definition) is 2. The quantitative estimate of drug-likeness (QED) is 0.163. The molecule has 0 aliphatic carbocycles. The summed E-state index contributed by atoms with van der Waals surface area (Å²) in [5.74, 6) is 0. The van der Waals surface area contributed by atoms with Crippen LogP contribution < -0.4 is 0 Å². The van der Waals surface area contributed by atoms with Gasteiger partial charge in [0.1, 0.15) is 0 Å². The zero-order valence-corrected chi connectivity index (χ0v) is 32.3. The van der Waals surface area contributed by atoms with Crippen LogP contribution in [0.15, 0.2) is 54.9 Å². The number of hydrogen-bond donors (Lipinski definition) is 0. The minimum Gasteiger partial charge on any atom is -0.350 e. The Kier molecular flexibility index (Phi) is 9.78. The van der Waals surface area contributed by atoms with Crippen molar-refractivity contribution >= 4 is 43.4 Å². The predicted octanol–water partition coefficient (Wildman–Crippen LogP) is 12.1. The summed E-state index contributed by atoms with van der Waals surface area (Å²) in [5, 5.41) is 4.21. The summed E-state index contributed by atoms with van der Waals surface area (Å²) in [5.41, 5.74) is 14.1. The van der Waals surface area contributed by atoms with Gasteiger partial charge >= 0.3 is 0 Å². The van der Waals surface area contributed by atoms with Crippen LogP contribution in [0.4, 0.5) is 0 Å². The molecule has 0 bridgehead atoms. The van der Waals surface area contributed by atoms with Crippen LogP contribution in [0, 0.1) is 34.6 Å². The van der Waals surface area contributed by atoms with Crippen molar-refractivity contribution in [1.29, 1.82) is 0 Å². The second-order valence-electron chi connectivity index (χ2n) is 16.5. The topological polar surface area (TPSA) is 22.8 Å². The third kappa shape index (κ3) is 7.28. The SMILES string of the molecule is Cc1cc(C)c2c(C(C)(C)C)cn(C)c2c1.Cc1cc(C)c2c(C(C)(C)C)nsc2c1.Cc1cccc2c1c(C(C)(C)C)cn2C. The monoisotopic (exact) mass is 635 g/mol. The molecule has 0 unspecified atom stereocenters. The number of aryl methyl sites for hydroxylation is 7. The molecule has 0 saturated carbocycles. The highest BCUT2D eigenvalue weighted by Crippen LogP contribution is 2.36. The van der Waals surface area contributed by atoms with Crippen molar-refractivity contribution in [2.24, 2.45) is 14.1 Å². The molecule has 0 saturated heterocycles. The lowest BCUT2D eigenvalue weighted by Gasteiger charge is -2.18. The maximum absolute atomic E-state index is 4.61. The van der Waals surface area contributed by atoms with E-state index in [-0.39, 0.29) is 16.2 Å². The van der Waals surface area contributed by atoms with E-state index in [0.29, 0.717) is 0 Å². The first-order chi connectivity index (χ1) is 21.1. The summed E-state index contributed by atoms with van der Waals surface area (Å²) >= 11 is 1.62. The molecule has 4 heteroatoms. The Morgan fingerprint density at radius 3 is 1.54 bits per heavy atom. The minimum atomic E-state index is 0.137. The molecule has 0 fully saturated rings. The predicted molar refractivity (Wildman–Crippen MR) is 205 cm³/mol. The average molecular weight is 636 g/mol. The Morgan fingerprint density at radius 1 is 0.543 bits per heavy atom. The second-order valence-corrected chi connectivity index (χ2v) is 17.3. The maximum Gasteiger partial charge on any atom is 0.0676 e. The molecular weight excluding hydrogens is 579 g/mol. The van der Waals surface area contributed by atoms with Gasteiger partial charge in [0.25, 0.3) is 0 Å². The van der Waals surface area contributed by atoms with Gasteiger partial charge in [-0.25, -0.2) is 0 Å². The van der Waals surface area contributed by atoms with Gasteiger partial charge in [-0.15, -0.1) is 0 Å². The molecule has 0 radical (unpaired) electrons. The summed E-state index contributed by atoms with van der Waals surface area (Å²) in [7, 11) is 4.26. The molecule has 3 nitrogen and oxygen atoms in total. The summed E-state index contributed by atoms with van der Waals surface area (Å²) in [4.78, 5) is 0. The van der Waals surface area contributed by atoms with E-state index < -0.39 is 0 Å². The normalized spacial score (nSPS) is 12.3. The van der Waals surface area contributed by atoms with E-state index in [0.717, 1.165) is 0 Å². The zero-order chi connectivity index (χ0) is 34.5. The molecule has 3 aromatic carbocycles. The van der Waals surface area contributed by atoms with Crippen LogP contribution in [0.5, 0.6) is 0 Å². The van der Waals surface area contributed by atoms with Crippen molar-refractivity contribution < 1.29 is 0 Å². The van der Waals surface area contributed by atoms with Gasteiger partial charge in [-0.05, 0) is 114 Å². The van der Waals surface area contributed by atoms with Gasteiger partial charge in [0.05, 0.1) is 10.4 Å². The van der Waals surface area contributed by atoms with Gasteiger partial charge in [-0.2, -0.15) is 4.37 Å². The Bertz CT molecular complexity index is 2010. The van der Waals surface area contributed by atoms with Gasteiger partial charge in [0.15, 0.2) is 0 Å². The van der Waals surface area contributed by atoms with E-state index in [1.54, 1.807) is 11.5 Å². The van der Waals surface area contributed by atoms with E-state index in [9.17, 15) is 0 Å². The molecule has 0 amide bonds. The van der Waals surface area contributed by atoms with Crippen molar-refractivity contribution in [2.45, 2.75) is 113 Å². The molecule has 0 N–H and O–H groups in total. The number of aromatic nitrogens is 3. The highest BCUT2D eigenvalue weighted by molar-refractivity contribution is 7.13. The van der Waals surface area contributed by atoms with Crippen LogP contribution in [0.3, 0.4) is 0 Å². The second kappa shape index (κ2) is 12.7. The molecule has 0 spiro atoms. The van der Waals surface area contributed by atoms with E-state index in [2.05, 4.69) is 179 Å². The Hall–Kier alpha value is -3.37. The largest absolute Gasteiger partial charge is 0.350 e. The van der Waals surface area contributed by atoms with Crippen molar-refractivity contribution in [1.82, 2.24) is 13.5 Å². The van der Waals surface area contributed by atoms with E-state index in [1.807, 2.05) is 0 Å². The first-order valence-electron chi connectivity index (χ1n) is 16.6. The lowest BCUT2D eigenvalue weighted by atomic mass is 9.85. The van der Waals surface area contributed by atoms with E-state index in [4.69, 9.17) is 0 Å². The van der Waals surface area contributed by atoms with Crippen LogP contribution in [0.2, 0.25) is 0 Å². The summed E-state index contributed by atoms with van der Waals surface area (Å²) in [6, 6.07) is 15.5. The Labute approximate surface area is 282 Å². The third-order valence-electron chi connectivity index (χ3n) is 8.90. The van der Waals surface area contributed by atoms with Crippen LogP contribution >= 0.6 is 11.5 Å². The fourth-order valence-corrected chi connectivity index (χ4v) is 7.76. The van der Waals surface area contributed by atoms with E-state index in [1.165, 1.54) is 76.5 Å². The van der Waals surface area contributed by atoms with Crippen molar-refractivity contribution in [2.75, 3.05) is 0 Å². The lowest BCUT2D eigenvalue weighted by Crippen LogP contribution is -2.12. The third-order valence-corrected chi connectivity index (χ3v) is 9.69. The molecular formula is C42H57N3S. The number of nitrogens with zero attached hydrogens (tertiary/aromatic N) is 3. The minimum absolute atomic E-state index is 0.137. The molecule has 0 aliphatic heterocycles. The van der Waals surface area contributed by atoms with Crippen molar-refractivity contribution in [3.63, 3.8) is 0 Å². The molecule has 0 atom stereocenters. The first kappa shape index (κ1) is 35.5. The highest BCUT2D eigenvalue weighted by Gasteiger charge is 2.23. The molecule has 6 rings (SSSR count). The smallest absolute Gasteiger partial charge is 0.0676 e. The highest BCUT2D eigenvalue weighted by atomic mass is 32.1.